The maximum atomic E-state index is 12.3. The highest BCUT2D eigenvalue weighted by atomic mass is 32.1. The number of amides is 1. The average Bonchev–Trinajstić information content (AvgIpc) is 3.18. The van der Waals surface area contributed by atoms with Crippen LogP contribution >= 0.6 is 22.7 Å². The van der Waals surface area contributed by atoms with E-state index < -0.39 is 0 Å². The van der Waals surface area contributed by atoms with Crippen molar-refractivity contribution in [3.8, 4) is 10.6 Å². The van der Waals surface area contributed by atoms with Crippen LogP contribution in [0.4, 0.5) is 5.13 Å². The van der Waals surface area contributed by atoms with E-state index in [0.29, 0.717) is 16.4 Å². The molecule has 5 nitrogen and oxygen atoms in total. The number of hydrogen-bond acceptors (Lipinski definition) is 6. The molecule has 0 saturated heterocycles. The Morgan fingerprint density at radius 3 is 2.77 bits per heavy atom. The van der Waals surface area contributed by atoms with Gasteiger partial charge in [-0.3, -0.25) is 15.1 Å². The molecule has 0 fully saturated rings. The number of hydrogen-bond donors (Lipinski definition) is 1. The van der Waals surface area contributed by atoms with E-state index in [-0.39, 0.29) is 5.91 Å². The van der Waals surface area contributed by atoms with Crippen LogP contribution in [0.25, 0.3) is 10.6 Å². The van der Waals surface area contributed by atoms with Crippen molar-refractivity contribution in [2.75, 3.05) is 5.32 Å². The maximum absolute atomic E-state index is 12.3. The molecular weight excluding hydrogens is 316 g/mol. The third-order valence-corrected chi connectivity index (χ3v) is 4.97. The van der Waals surface area contributed by atoms with Crippen LogP contribution in [0.1, 0.15) is 28.0 Å². The Bertz CT molecular complexity index is 796. The Morgan fingerprint density at radius 2 is 2.14 bits per heavy atom. The number of nitrogens with zero attached hydrogens (tertiary/aromatic N) is 3. The molecule has 0 saturated carbocycles. The van der Waals surface area contributed by atoms with Crippen molar-refractivity contribution < 1.29 is 4.79 Å². The second-order valence-electron chi connectivity index (χ2n) is 4.62. The summed E-state index contributed by atoms with van der Waals surface area (Å²) in [5.74, 6) is -0.207. The molecule has 0 aliphatic heterocycles. The first-order valence-electron chi connectivity index (χ1n) is 6.82. The van der Waals surface area contributed by atoms with Crippen LogP contribution in [0.5, 0.6) is 0 Å². The molecule has 3 aromatic heterocycles. The minimum absolute atomic E-state index is 0.207. The molecule has 0 aromatic carbocycles. The molecule has 0 bridgehead atoms. The second-order valence-corrected chi connectivity index (χ2v) is 6.63. The van der Waals surface area contributed by atoms with Gasteiger partial charge in [-0.1, -0.05) is 24.3 Å². The molecule has 1 amide bonds. The van der Waals surface area contributed by atoms with Crippen molar-refractivity contribution in [2.45, 2.75) is 20.3 Å². The first-order valence-corrected chi connectivity index (χ1v) is 8.52. The van der Waals surface area contributed by atoms with Gasteiger partial charge in [-0.15, -0.1) is 21.5 Å². The molecule has 0 aliphatic carbocycles. The fraction of sp³-hybridized carbons (Fsp3) is 0.200. The van der Waals surface area contributed by atoms with E-state index in [9.17, 15) is 4.79 Å². The number of carbonyl (C=O) groups is 1. The Morgan fingerprint density at radius 1 is 1.27 bits per heavy atom. The van der Waals surface area contributed by atoms with E-state index in [2.05, 4.69) is 20.5 Å². The lowest BCUT2D eigenvalue weighted by Gasteiger charge is -2.06. The van der Waals surface area contributed by atoms with E-state index in [4.69, 9.17) is 0 Å². The fourth-order valence-electron chi connectivity index (χ4n) is 1.97. The van der Waals surface area contributed by atoms with Crippen LogP contribution in [0, 0.1) is 6.92 Å². The molecular formula is C15H14N4OS2. The van der Waals surface area contributed by atoms with E-state index >= 15 is 0 Å². The number of pyridine rings is 1. The summed E-state index contributed by atoms with van der Waals surface area (Å²) in [6.45, 7) is 3.84. The summed E-state index contributed by atoms with van der Waals surface area (Å²) in [4.78, 5) is 17.9. The number of thiophene rings is 1. The normalized spacial score (nSPS) is 10.6. The minimum Gasteiger partial charge on any atom is -0.296 e. The van der Waals surface area contributed by atoms with Crippen molar-refractivity contribution >= 4 is 33.7 Å². The van der Waals surface area contributed by atoms with Crippen molar-refractivity contribution in [1.29, 1.82) is 0 Å². The predicted octanol–water partition coefficient (Wildman–Crippen LogP) is 3.78. The van der Waals surface area contributed by atoms with Gasteiger partial charge in [0.15, 0.2) is 0 Å². The van der Waals surface area contributed by atoms with Gasteiger partial charge in [-0.25, -0.2) is 0 Å². The molecule has 0 radical (unpaired) electrons. The van der Waals surface area contributed by atoms with Gasteiger partial charge in [0.2, 0.25) is 5.13 Å². The van der Waals surface area contributed by atoms with Gasteiger partial charge in [0.1, 0.15) is 5.01 Å². The molecule has 7 heteroatoms. The third kappa shape index (κ3) is 3.05. The third-order valence-electron chi connectivity index (χ3n) is 3.09. The zero-order valence-corrected chi connectivity index (χ0v) is 13.8. The molecule has 0 atom stereocenters. The summed E-state index contributed by atoms with van der Waals surface area (Å²) in [6, 6.07) is 7.66. The Labute approximate surface area is 136 Å². The standard InChI is InChI=1S/C15H14N4OS2/c1-3-13-18-19-15(22-13)17-14(20)10-6-7-11(16-9(10)2)12-5-4-8-21-12/h4-8H,3H2,1-2H3,(H,17,19,20). The van der Waals surface area contributed by atoms with Gasteiger partial charge in [-0.05, 0) is 36.9 Å². The van der Waals surface area contributed by atoms with Crippen LogP contribution in [-0.4, -0.2) is 21.1 Å². The average molecular weight is 330 g/mol. The monoisotopic (exact) mass is 330 g/mol. The molecule has 22 heavy (non-hydrogen) atoms. The van der Waals surface area contributed by atoms with Gasteiger partial charge in [0.25, 0.3) is 5.91 Å². The van der Waals surface area contributed by atoms with E-state index in [1.807, 2.05) is 37.4 Å². The summed E-state index contributed by atoms with van der Waals surface area (Å²) in [6.07, 6.45) is 0.809. The minimum atomic E-state index is -0.207. The summed E-state index contributed by atoms with van der Waals surface area (Å²) in [5, 5.41) is 14.2. The van der Waals surface area contributed by atoms with Crippen molar-refractivity contribution in [3.63, 3.8) is 0 Å². The van der Waals surface area contributed by atoms with Gasteiger partial charge in [0.05, 0.1) is 21.8 Å². The first-order chi connectivity index (χ1) is 10.7. The van der Waals surface area contributed by atoms with Crippen molar-refractivity contribution in [2.24, 2.45) is 0 Å². The molecule has 0 unspecified atom stereocenters. The Hall–Kier alpha value is -2.12. The Balaban J connectivity index is 1.80. The number of carbonyl (C=O) groups excluding carboxylic acids is 1. The second kappa shape index (κ2) is 6.33. The molecule has 1 N–H and O–H groups in total. The SMILES string of the molecule is CCc1nnc(NC(=O)c2ccc(-c3cccs3)nc2C)s1. The van der Waals surface area contributed by atoms with Gasteiger partial charge in [-0.2, -0.15) is 0 Å². The highest BCUT2D eigenvalue weighted by Gasteiger charge is 2.14. The molecule has 3 rings (SSSR count). The Kier molecular flexibility index (Phi) is 4.26. The lowest BCUT2D eigenvalue weighted by Crippen LogP contribution is -2.14. The largest absolute Gasteiger partial charge is 0.296 e. The van der Waals surface area contributed by atoms with Crippen LogP contribution in [0.2, 0.25) is 0 Å². The van der Waals surface area contributed by atoms with E-state index in [1.54, 1.807) is 17.4 Å². The zero-order valence-electron chi connectivity index (χ0n) is 12.2. The number of nitrogens with one attached hydrogen (secondary N) is 1. The molecule has 0 spiro atoms. The topological polar surface area (TPSA) is 67.8 Å². The van der Waals surface area contributed by atoms with Crippen LogP contribution < -0.4 is 5.32 Å². The van der Waals surface area contributed by atoms with Crippen LogP contribution in [-0.2, 0) is 6.42 Å². The summed E-state index contributed by atoms with van der Waals surface area (Å²) in [5.41, 5.74) is 2.13. The van der Waals surface area contributed by atoms with Crippen LogP contribution in [0.3, 0.4) is 0 Å². The van der Waals surface area contributed by atoms with Gasteiger partial charge in [0, 0.05) is 0 Å². The van der Waals surface area contributed by atoms with Crippen LogP contribution in [0.15, 0.2) is 29.6 Å². The summed E-state index contributed by atoms with van der Waals surface area (Å²) >= 11 is 3.02. The molecule has 0 aliphatic rings. The smallest absolute Gasteiger partial charge is 0.259 e. The lowest BCUT2D eigenvalue weighted by molar-refractivity contribution is 0.102. The molecule has 3 aromatic rings. The highest BCUT2D eigenvalue weighted by molar-refractivity contribution is 7.15. The van der Waals surface area contributed by atoms with E-state index in [0.717, 1.165) is 22.0 Å². The van der Waals surface area contributed by atoms with Gasteiger partial charge >= 0.3 is 0 Å². The van der Waals surface area contributed by atoms with E-state index in [1.165, 1.54) is 11.3 Å². The number of anilines is 1. The molecule has 112 valence electrons. The lowest BCUT2D eigenvalue weighted by atomic mass is 10.1. The first kappa shape index (κ1) is 14.8. The fourth-order valence-corrected chi connectivity index (χ4v) is 3.34. The van der Waals surface area contributed by atoms with Crippen molar-refractivity contribution in [3.05, 3.63) is 45.9 Å². The zero-order chi connectivity index (χ0) is 15.5. The maximum Gasteiger partial charge on any atom is 0.259 e. The van der Waals surface area contributed by atoms with Crippen molar-refractivity contribution in [1.82, 2.24) is 15.2 Å². The van der Waals surface area contributed by atoms with Gasteiger partial charge < -0.3 is 0 Å². The number of rotatable bonds is 4. The number of aromatic nitrogens is 3. The quantitative estimate of drug-likeness (QED) is 0.790. The summed E-state index contributed by atoms with van der Waals surface area (Å²) in [7, 11) is 0. The summed E-state index contributed by atoms with van der Waals surface area (Å²) < 4.78 is 0. The number of aryl methyl sites for hydroxylation is 2. The highest BCUT2D eigenvalue weighted by Crippen LogP contribution is 2.24. The predicted molar refractivity (Wildman–Crippen MR) is 89.5 cm³/mol. The molecule has 3 heterocycles.